The second-order valence-corrected chi connectivity index (χ2v) is 7.42. The minimum atomic E-state index is -0.460. The monoisotopic (exact) mass is 353 g/mol. The van der Waals surface area contributed by atoms with Gasteiger partial charge >= 0.3 is 0 Å². The van der Waals surface area contributed by atoms with Crippen LogP contribution >= 0.6 is 0 Å². The van der Waals surface area contributed by atoms with Crippen LogP contribution in [0.25, 0.3) is 10.9 Å². The Morgan fingerprint density at radius 1 is 1.35 bits per heavy atom. The molecule has 0 bridgehead atoms. The Labute approximate surface area is 152 Å². The largest absolute Gasteiger partial charge is 0.369 e. The molecule has 1 saturated carbocycles. The highest BCUT2D eigenvalue weighted by molar-refractivity contribution is 5.88. The number of pyridine rings is 1. The molecule has 1 aliphatic rings. The van der Waals surface area contributed by atoms with Crippen LogP contribution in [0.4, 0.5) is 11.5 Å². The lowest BCUT2D eigenvalue weighted by molar-refractivity contribution is -0.384. The number of hydrogen-bond acceptors (Lipinski definition) is 6. The van der Waals surface area contributed by atoms with E-state index in [1.54, 1.807) is 12.1 Å². The summed E-state index contributed by atoms with van der Waals surface area (Å²) in [7, 11) is 4.18. The molecule has 3 rings (SSSR count). The maximum Gasteiger partial charge on any atom is 0.270 e. The highest BCUT2D eigenvalue weighted by Crippen LogP contribution is 2.38. The number of fused-ring (bicyclic) bond motifs is 1. The Morgan fingerprint density at radius 2 is 2.08 bits per heavy atom. The van der Waals surface area contributed by atoms with Crippen LogP contribution in [0.5, 0.6) is 0 Å². The molecule has 0 amide bonds. The molecular formula is C19H23N5O2. The first-order valence-corrected chi connectivity index (χ1v) is 8.80. The number of nitro groups is 1. The van der Waals surface area contributed by atoms with Crippen molar-refractivity contribution in [1.82, 2.24) is 9.88 Å². The minimum absolute atomic E-state index is 0.0348. The molecule has 0 spiro atoms. The number of nitriles is 1. The van der Waals surface area contributed by atoms with E-state index >= 15 is 0 Å². The first kappa shape index (κ1) is 18.1. The first-order chi connectivity index (χ1) is 12.4. The summed E-state index contributed by atoms with van der Waals surface area (Å²) in [6.45, 7) is 1.83. The third-order valence-electron chi connectivity index (χ3n) is 5.08. The molecule has 0 radical (unpaired) electrons. The molecule has 1 heterocycles. The fourth-order valence-electron chi connectivity index (χ4n) is 3.98. The van der Waals surface area contributed by atoms with E-state index in [0.29, 0.717) is 22.3 Å². The highest BCUT2D eigenvalue weighted by Gasteiger charge is 2.34. The van der Waals surface area contributed by atoms with Gasteiger partial charge in [-0.25, -0.2) is 4.98 Å². The van der Waals surface area contributed by atoms with Gasteiger partial charge < -0.3 is 10.2 Å². The Kier molecular flexibility index (Phi) is 5.05. The normalized spacial score (nSPS) is 15.9. The van der Waals surface area contributed by atoms with Gasteiger partial charge in [0.25, 0.3) is 5.69 Å². The van der Waals surface area contributed by atoms with E-state index in [1.165, 1.54) is 37.8 Å². The quantitative estimate of drug-likeness (QED) is 0.630. The predicted octanol–water partition coefficient (Wildman–Crippen LogP) is 3.55. The Balaban J connectivity index is 1.87. The van der Waals surface area contributed by atoms with Crippen molar-refractivity contribution in [2.45, 2.75) is 25.7 Å². The Bertz CT molecular complexity index is 866. The van der Waals surface area contributed by atoms with E-state index in [9.17, 15) is 15.4 Å². The molecule has 7 nitrogen and oxygen atoms in total. The number of benzene rings is 1. The van der Waals surface area contributed by atoms with Crippen LogP contribution in [-0.4, -0.2) is 42.0 Å². The molecule has 7 heteroatoms. The summed E-state index contributed by atoms with van der Waals surface area (Å²) in [5.74, 6) is 0.646. The molecule has 0 atom stereocenters. The van der Waals surface area contributed by atoms with Crippen LogP contribution in [0.1, 0.15) is 31.2 Å². The van der Waals surface area contributed by atoms with E-state index in [-0.39, 0.29) is 11.1 Å². The SMILES string of the molecule is CN(C)CC1(CNc2cc(C#N)c3cc([N+](=O)[O-])ccc3n2)CCCC1. The molecule has 0 saturated heterocycles. The highest BCUT2D eigenvalue weighted by atomic mass is 16.6. The van der Waals surface area contributed by atoms with E-state index in [4.69, 9.17) is 0 Å². The Morgan fingerprint density at radius 3 is 2.69 bits per heavy atom. The maximum absolute atomic E-state index is 11.0. The lowest BCUT2D eigenvalue weighted by atomic mass is 9.85. The number of nitrogens with one attached hydrogen (secondary N) is 1. The van der Waals surface area contributed by atoms with Crippen molar-refractivity contribution in [1.29, 1.82) is 5.26 Å². The van der Waals surface area contributed by atoms with Gasteiger partial charge in [-0.1, -0.05) is 12.8 Å². The second-order valence-electron chi connectivity index (χ2n) is 7.42. The summed E-state index contributed by atoms with van der Waals surface area (Å²) < 4.78 is 0. The van der Waals surface area contributed by atoms with Gasteiger partial charge in [-0.2, -0.15) is 5.26 Å². The summed E-state index contributed by atoms with van der Waals surface area (Å²) >= 11 is 0. The number of non-ortho nitro benzene ring substituents is 1. The summed E-state index contributed by atoms with van der Waals surface area (Å²) in [6, 6.07) is 8.26. The van der Waals surface area contributed by atoms with Crippen molar-refractivity contribution in [3.05, 3.63) is 39.9 Å². The fourth-order valence-corrected chi connectivity index (χ4v) is 3.98. The van der Waals surface area contributed by atoms with Gasteiger partial charge in [0.15, 0.2) is 0 Å². The Hall–Kier alpha value is -2.72. The van der Waals surface area contributed by atoms with E-state index < -0.39 is 4.92 Å². The topological polar surface area (TPSA) is 95.1 Å². The minimum Gasteiger partial charge on any atom is -0.369 e. The smallest absolute Gasteiger partial charge is 0.270 e. The number of nitro benzene ring substituents is 1. The van der Waals surface area contributed by atoms with E-state index in [2.05, 4.69) is 35.4 Å². The molecule has 1 aliphatic carbocycles. The molecule has 1 aromatic carbocycles. The van der Waals surface area contributed by atoms with Crippen LogP contribution in [0.2, 0.25) is 0 Å². The molecule has 2 aromatic rings. The molecule has 1 aromatic heterocycles. The van der Waals surface area contributed by atoms with Crippen LogP contribution in [-0.2, 0) is 0 Å². The van der Waals surface area contributed by atoms with Crippen molar-refractivity contribution in [3.8, 4) is 6.07 Å². The molecule has 1 fully saturated rings. The number of aromatic nitrogens is 1. The third-order valence-corrected chi connectivity index (χ3v) is 5.08. The van der Waals surface area contributed by atoms with Crippen LogP contribution in [0.3, 0.4) is 0 Å². The molecule has 0 aliphatic heterocycles. The third kappa shape index (κ3) is 3.75. The van der Waals surface area contributed by atoms with Gasteiger partial charge in [-0.05, 0) is 39.1 Å². The predicted molar refractivity (Wildman–Crippen MR) is 101 cm³/mol. The van der Waals surface area contributed by atoms with Gasteiger partial charge in [0.2, 0.25) is 0 Å². The second kappa shape index (κ2) is 7.26. The van der Waals surface area contributed by atoms with Gasteiger partial charge in [0.1, 0.15) is 5.82 Å². The summed E-state index contributed by atoms with van der Waals surface area (Å²) in [4.78, 5) is 17.3. The van der Waals surface area contributed by atoms with Gasteiger partial charge in [-0.3, -0.25) is 10.1 Å². The van der Waals surface area contributed by atoms with Crippen LogP contribution in [0.15, 0.2) is 24.3 Å². The number of hydrogen-bond donors (Lipinski definition) is 1. The zero-order valence-electron chi connectivity index (χ0n) is 15.2. The van der Waals surface area contributed by atoms with Crippen LogP contribution in [0, 0.1) is 26.9 Å². The number of nitrogens with zero attached hydrogens (tertiary/aromatic N) is 4. The van der Waals surface area contributed by atoms with Gasteiger partial charge in [0.05, 0.1) is 22.1 Å². The lowest BCUT2D eigenvalue weighted by Crippen LogP contribution is -2.37. The average molecular weight is 353 g/mol. The first-order valence-electron chi connectivity index (χ1n) is 8.80. The average Bonchev–Trinajstić information content (AvgIpc) is 3.06. The van der Waals surface area contributed by atoms with Crippen molar-refractivity contribution in [2.75, 3.05) is 32.5 Å². The molecule has 0 unspecified atom stereocenters. The lowest BCUT2D eigenvalue weighted by Gasteiger charge is -2.32. The zero-order valence-corrected chi connectivity index (χ0v) is 15.2. The summed E-state index contributed by atoms with van der Waals surface area (Å²) in [5, 5.41) is 24.4. The molecule has 26 heavy (non-hydrogen) atoms. The summed E-state index contributed by atoms with van der Waals surface area (Å²) in [5.41, 5.74) is 1.18. The van der Waals surface area contributed by atoms with Crippen molar-refractivity contribution < 1.29 is 4.92 Å². The molecular weight excluding hydrogens is 330 g/mol. The van der Waals surface area contributed by atoms with Crippen molar-refractivity contribution >= 4 is 22.4 Å². The standard InChI is InChI=1S/C19H23N5O2/c1-23(2)13-19(7-3-4-8-19)12-21-18-9-14(11-20)16-10-15(24(25)26)5-6-17(16)22-18/h5-6,9-10H,3-4,7-8,12-13H2,1-2H3,(H,21,22). The molecule has 136 valence electrons. The fraction of sp³-hybridized carbons (Fsp3) is 0.474. The van der Waals surface area contributed by atoms with Gasteiger partial charge in [0, 0.05) is 36.0 Å². The van der Waals surface area contributed by atoms with Crippen LogP contribution < -0.4 is 5.32 Å². The van der Waals surface area contributed by atoms with Gasteiger partial charge in [-0.15, -0.1) is 0 Å². The van der Waals surface area contributed by atoms with E-state index in [1.807, 2.05) is 0 Å². The summed E-state index contributed by atoms with van der Waals surface area (Å²) in [6.07, 6.45) is 4.85. The van der Waals surface area contributed by atoms with Crippen molar-refractivity contribution in [2.24, 2.45) is 5.41 Å². The van der Waals surface area contributed by atoms with Crippen molar-refractivity contribution in [3.63, 3.8) is 0 Å². The van der Waals surface area contributed by atoms with E-state index in [0.717, 1.165) is 13.1 Å². The number of rotatable bonds is 6. The molecule has 1 N–H and O–H groups in total. The number of anilines is 1. The maximum atomic E-state index is 11.0. The zero-order chi connectivity index (χ0) is 18.7.